The van der Waals surface area contributed by atoms with E-state index < -0.39 is 0 Å². The van der Waals surface area contributed by atoms with Gasteiger partial charge in [-0.15, -0.1) is 0 Å². The Balaban J connectivity index is 2.64. The summed E-state index contributed by atoms with van der Waals surface area (Å²) in [7, 11) is 0. The molecule has 0 radical (unpaired) electrons. The lowest BCUT2D eigenvalue weighted by molar-refractivity contribution is 0.727. The quantitative estimate of drug-likeness (QED) is 0.591. The van der Waals surface area contributed by atoms with E-state index in [4.69, 9.17) is 5.73 Å². The third-order valence-electron chi connectivity index (χ3n) is 1.80. The van der Waals surface area contributed by atoms with Gasteiger partial charge >= 0.3 is 0 Å². The lowest BCUT2D eigenvalue weighted by atomic mass is 10.3. The first-order chi connectivity index (χ1) is 6.09. The summed E-state index contributed by atoms with van der Waals surface area (Å²) in [5.41, 5.74) is 6.74. The molecule has 3 nitrogen and oxygen atoms in total. The molecule has 0 bridgehead atoms. The molecule has 0 aliphatic carbocycles. The van der Waals surface area contributed by atoms with Crippen LogP contribution in [0.3, 0.4) is 0 Å². The Morgan fingerprint density at radius 3 is 2.69 bits per heavy atom. The van der Waals surface area contributed by atoms with Crippen LogP contribution < -0.4 is 5.73 Å². The van der Waals surface area contributed by atoms with E-state index in [1.54, 1.807) is 18.0 Å². The molecule has 72 valence electrons. The van der Waals surface area contributed by atoms with Gasteiger partial charge in [-0.05, 0) is 19.9 Å². The van der Waals surface area contributed by atoms with Crippen LogP contribution in [0, 0.1) is 6.92 Å². The maximum Gasteiger partial charge on any atom is 0.188 e. The molecular formula is C9H15N3S. The van der Waals surface area contributed by atoms with Gasteiger partial charge in [-0.2, -0.15) is 0 Å². The highest BCUT2D eigenvalue weighted by Gasteiger charge is 2.10. The summed E-state index contributed by atoms with van der Waals surface area (Å²) < 4.78 is 0. The average molecular weight is 197 g/mol. The average Bonchev–Trinajstić information content (AvgIpc) is 2.04. The molecule has 0 saturated heterocycles. The van der Waals surface area contributed by atoms with Crippen LogP contribution in [0.2, 0.25) is 0 Å². The number of hydrogen-bond donors (Lipinski definition) is 1. The van der Waals surface area contributed by atoms with E-state index in [-0.39, 0.29) is 6.04 Å². The van der Waals surface area contributed by atoms with Gasteiger partial charge in [0.05, 0.1) is 0 Å². The smallest absolute Gasteiger partial charge is 0.188 e. The SMILES string of the molecule is Cc1ccnc(SC(C)C(C)N)n1. The fourth-order valence-corrected chi connectivity index (χ4v) is 1.62. The first kappa shape index (κ1) is 10.5. The van der Waals surface area contributed by atoms with Crippen LogP contribution >= 0.6 is 11.8 Å². The molecule has 4 heteroatoms. The van der Waals surface area contributed by atoms with Crippen LogP contribution in [0.1, 0.15) is 19.5 Å². The molecule has 0 aliphatic heterocycles. The van der Waals surface area contributed by atoms with Crippen molar-refractivity contribution in [3.8, 4) is 0 Å². The summed E-state index contributed by atoms with van der Waals surface area (Å²) in [6.45, 7) is 6.04. The van der Waals surface area contributed by atoms with Crippen molar-refractivity contribution in [3.05, 3.63) is 18.0 Å². The van der Waals surface area contributed by atoms with Crippen molar-refractivity contribution in [3.63, 3.8) is 0 Å². The van der Waals surface area contributed by atoms with Gasteiger partial charge in [0.1, 0.15) is 0 Å². The summed E-state index contributed by atoms with van der Waals surface area (Å²) in [5, 5.41) is 1.16. The molecule has 2 N–H and O–H groups in total. The number of rotatable bonds is 3. The molecule has 1 aromatic rings. The molecule has 13 heavy (non-hydrogen) atoms. The Hall–Kier alpha value is -0.610. The summed E-state index contributed by atoms with van der Waals surface area (Å²) in [5.74, 6) is 0. The highest BCUT2D eigenvalue weighted by Crippen LogP contribution is 2.20. The number of thioether (sulfide) groups is 1. The van der Waals surface area contributed by atoms with Crippen LogP contribution in [0.25, 0.3) is 0 Å². The Morgan fingerprint density at radius 1 is 1.46 bits per heavy atom. The lowest BCUT2D eigenvalue weighted by Gasteiger charge is -2.13. The van der Waals surface area contributed by atoms with Gasteiger partial charge in [0.25, 0.3) is 0 Å². The van der Waals surface area contributed by atoms with Crippen molar-refractivity contribution in [1.82, 2.24) is 9.97 Å². The van der Waals surface area contributed by atoms with Crippen molar-refractivity contribution in [1.29, 1.82) is 0 Å². The van der Waals surface area contributed by atoms with Gasteiger partial charge < -0.3 is 5.73 Å². The van der Waals surface area contributed by atoms with E-state index in [1.165, 1.54) is 0 Å². The maximum atomic E-state index is 5.75. The number of nitrogens with zero attached hydrogens (tertiary/aromatic N) is 2. The summed E-state index contributed by atoms with van der Waals surface area (Å²) in [4.78, 5) is 8.45. The molecule has 0 saturated carbocycles. The van der Waals surface area contributed by atoms with Gasteiger partial charge in [0, 0.05) is 23.2 Å². The van der Waals surface area contributed by atoms with Crippen LogP contribution in [-0.2, 0) is 0 Å². The third kappa shape index (κ3) is 3.32. The van der Waals surface area contributed by atoms with E-state index in [9.17, 15) is 0 Å². The Labute approximate surface area is 83.2 Å². The number of aryl methyl sites for hydroxylation is 1. The first-order valence-corrected chi connectivity index (χ1v) is 5.19. The summed E-state index contributed by atoms with van der Waals surface area (Å²) in [6, 6.07) is 2.05. The second-order valence-corrected chi connectivity index (χ2v) is 4.51. The fourth-order valence-electron chi connectivity index (χ4n) is 0.756. The van der Waals surface area contributed by atoms with Crippen LogP contribution in [0.4, 0.5) is 0 Å². The van der Waals surface area contributed by atoms with Crippen LogP contribution in [0.15, 0.2) is 17.4 Å². The second-order valence-electron chi connectivity index (χ2n) is 3.16. The first-order valence-electron chi connectivity index (χ1n) is 4.31. The number of hydrogen-bond acceptors (Lipinski definition) is 4. The van der Waals surface area contributed by atoms with Gasteiger partial charge in [-0.1, -0.05) is 18.7 Å². The van der Waals surface area contributed by atoms with E-state index in [1.807, 2.05) is 19.9 Å². The minimum Gasteiger partial charge on any atom is -0.327 e. The molecule has 0 fully saturated rings. The number of nitrogens with two attached hydrogens (primary N) is 1. The van der Waals surface area contributed by atoms with E-state index in [2.05, 4.69) is 16.9 Å². The Kier molecular flexibility index (Phi) is 3.69. The Morgan fingerprint density at radius 2 is 2.15 bits per heavy atom. The third-order valence-corrected chi connectivity index (χ3v) is 3.01. The minimum absolute atomic E-state index is 0.161. The summed E-state index contributed by atoms with van der Waals surface area (Å²) >= 11 is 1.62. The van der Waals surface area contributed by atoms with Crippen molar-refractivity contribution in [2.45, 2.75) is 37.2 Å². The molecule has 2 unspecified atom stereocenters. The monoisotopic (exact) mass is 197 g/mol. The predicted molar refractivity (Wildman–Crippen MR) is 55.7 cm³/mol. The van der Waals surface area contributed by atoms with Crippen molar-refractivity contribution in [2.24, 2.45) is 5.73 Å². The van der Waals surface area contributed by atoms with Gasteiger partial charge in [-0.3, -0.25) is 0 Å². The van der Waals surface area contributed by atoms with Gasteiger partial charge in [-0.25, -0.2) is 9.97 Å². The fraction of sp³-hybridized carbons (Fsp3) is 0.556. The Bertz CT molecular complexity index is 275. The van der Waals surface area contributed by atoms with E-state index in [0.29, 0.717) is 5.25 Å². The highest BCUT2D eigenvalue weighted by atomic mass is 32.2. The van der Waals surface area contributed by atoms with Crippen molar-refractivity contribution >= 4 is 11.8 Å². The van der Waals surface area contributed by atoms with Gasteiger partial charge in [0.15, 0.2) is 5.16 Å². The lowest BCUT2D eigenvalue weighted by Crippen LogP contribution is -2.26. The molecule has 1 heterocycles. The molecule has 2 atom stereocenters. The van der Waals surface area contributed by atoms with E-state index in [0.717, 1.165) is 10.9 Å². The second kappa shape index (κ2) is 4.58. The predicted octanol–water partition coefficient (Wildman–Crippen LogP) is 1.61. The highest BCUT2D eigenvalue weighted by molar-refractivity contribution is 7.99. The van der Waals surface area contributed by atoms with E-state index >= 15 is 0 Å². The molecule has 1 rings (SSSR count). The molecule has 0 spiro atoms. The molecule has 0 amide bonds. The maximum absolute atomic E-state index is 5.75. The van der Waals surface area contributed by atoms with Crippen molar-refractivity contribution in [2.75, 3.05) is 0 Å². The molecular weight excluding hydrogens is 182 g/mol. The van der Waals surface area contributed by atoms with Crippen LogP contribution in [0.5, 0.6) is 0 Å². The van der Waals surface area contributed by atoms with Crippen LogP contribution in [-0.4, -0.2) is 21.3 Å². The topological polar surface area (TPSA) is 51.8 Å². The molecule has 0 aliphatic rings. The van der Waals surface area contributed by atoms with Gasteiger partial charge in [0.2, 0.25) is 0 Å². The van der Waals surface area contributed by atoms with Crippen molar-refractivity contribution < 1.29 is 0 Å². The summed E-state index contributed by atoms with van der Waals surface area (Å²) in [6.07, 6.45) is 1.78. The molecule has 1 aromatic heterocycles. The zero-order valence-electron chi connectivity index (χ0n) is 8.19. The normalized spacial score (nSPS) is 15.4. The molecule has 0 aromatic carbocycles. The largest absolute Gasteiger partial charge is 0.327 e. The minimum atomic E-state index is 0.161. The zero-order chi connectivity index (χ0) is 9.84. The number of aromatic nitrogens is 2. The standard InChI is InChI=1S/C9H15N3S/c1-6-4-5-11-9(12-6)13-8(3)7(2)10/h4-5,7-8H,10H2,1-3H3. The zero-order valence-corrected chi connectivity index (χ0v) is 9.01.